The van der Waals surface area contributed by atoms with Crippen LogP contribution in [-0.4, -0.2) is 20.2 Å². The second-order valence-corrected chi connectivity index (χ2v) is 7.85. The van der Waals surface area contributed by atoms with Gasteiger partial charge in [0.25, 0.3) is 0 Å². The van der Waals surface area contributed by atoms with Gasteiger partial charge in [-0.15, -0.1) is 11.4 Å². The normalized spacial score (nSPS) is 11.0. The van der Waals surface area contributed by atoms with Gasteiger partial charge in [0.2, 0.25) is 0 Å². The van der Waals surface area contributed by atoms with Gasteiger partial charge in [0.05, 0.1) is 11.4 Å². The fourth-order valence-electron chi connectivity index (χ4n) is 2.96. The molecule has 0 aliphatic heterocycles. The summed E-state index contributed by atoms with van der Waals surface area (Å²) in [6.45, 7) is 8.22. The van der Waals surface area contributed by atoms with E-state index in [1.54, 1.807) is 13.0 Å². The van der Waals surface area contributed by atoms with Crippen LogP contribution >= 0.6 is 0 Å². The minimum atomic E-state index is -4.47. The minimum Gasteiger partial charge on any atom is -0.576 e. The molecule has 0 fully saturated rings. The SMILES string of the molecule is Cc1cc(-c2cc(C(F)(F)F)n[n-]2)[n-]n1.Cc1ccnc(-c2cc(CC(C)C)ccn2)c1.[Pt+2]. The number of hydrogen-bond donors (Lipinski definition) is 0. The third kappa shape index (κ3) is 7.63. The molecule has 4 rings (SSSR count). The molecule has 4 aromatic heterocycles. The predicted molar refractivity (Wildman–Crippen MR) is 115 cm³/mol. The molecule has 4 aromatic rings. The van der Waals surface area contributed by atoms with Crippen LogP contribution in [-0.2, 0) is 33.7 Å². The number of pyridine rings is 2. The van der Waals surface area contributed by atoms with Crippen molar-refractivity contribution in [2.75, 3.05) is 0 Å². The zero-order chi connectivity index (χ0) is 23.3. The summed E-state index contributed by atoms with van der Waals surface area (Å²) in [7, 11) is 0. The minimum absolute atomic E-state index is 0. The van der Waals surface area contributed by atoms with Crippen molar-refractivity contribution in [1.29, 1.82) is 0 Å². The Morgan fingerprint density at radius 2 is 1.45 bits per heavy atom. The zero-order valence-corrected chi connectivity index (χ0v) is 20.8. The van der Waals surface area contributed by atoms with Crippen LogP contribution in [0.1, 0.15) is 36.4 Å². The molecular weight excluding hydrogens is 612 g/mol. The Bertz CT molecular complexity index is 1170. The Labute approximate surface area is 204 Å². The maximum absolute atomic E-state index is 12.2. The Kier molecular flexibility index (Phi) is 9.11. The van der Waals surface area contributed by atoms with Gasteiger partial charge < -0.3 is 20.4 Å². The van der Waals surface area contributed by atoms with Gasteiger partial charge in [-0.2, -0.15) is 13.2 Å². The number of aromatic nitrogens is 6. The van der Waals surface area contributed by atoms with E-state index >= 15 is 0 Å². The summed E-state index contributed by atoms with van der Waals surface area (Å²) in [5, 5.41) is 13.8. The summed E-state index contributed by atoms with van der Waals surface area (Å²) in [5.41, 5.74) is 4.46. The average Bonchev–Trinajstić information content (AvgIpc) is 3.37. The molecule has 0 N–H and O–H groups in total. The van der Waals surface area contributed by atoms with Crippen LogP contribution in [0, 0.1) is 19.8 Å². The summed E-state index contributed by atoms with van der Waals surface area (Å²) >= 11 is 0. The molecule has 0 amide bonds. The molecule has 4 heterocycles. The standard InChI is InChI=1S/C15H18N2.C8H5F3N4.Pt/c1-11(2)8-13-5-7-17-15(10-13)14-9-12(3)4-6-16-14;1-4-2-5(13-12-4)6-3-7(15-14-6)8(9,10)11;/h4-7,9-11H,8H2,1-3H3;2-3H,1H3;/q;-2;+2. The van der Waals surface area contributed by atoms with Crippen molar-refractivity contribution in [3.05, 3.63) is 71.3 Å². The van der Waals surface area contributed by atoms with Crippen LogP contribution in [0.25, 0.3) is 22.8 Å². The Balaban J connectivity index is 0.000000228. The predicted octanol–water partition coefficient (Wildman–Crippen LogP) is 5.03. The molecule has 0 saturated carbocycles. The van der Waals surface area contributed by atoms with Gasteiger partial charge in [0.1, 0.15) is 5.69 Å². The molecule has 0 atom stereocenters. The fourth-order valence-corrected chi connectivity index (χ4v) is 2.96. The molecule has 0 aromatic carbocycles. The molecular formula is C23H23F3N6Pt. The van der Waals surface area contributed by atoms with Crippen molar-refractivity contribution in [3.63, 3.8) is 0 Å². The van der Waals surface area contributed by atoms with Crippen LogP contribution < -0.4 is 10.2 Å². The first-order valence-electron chi connectivity index (χ1n) is 10.0. The van der Waals surface area contributed by atoms with E-state index in [0.29, 0.717) is 17.3 Å². The Morgan fingerprint density at radius 3 is 2.00 bits per heavy atom. The molecule has 33 heavy (non-hydrogen) atoms. The number of aryl methyl sites for hydroxylation is 2. The van der Waals surface area contributed by atoms with Gasteiger partial charge in [0, 0.05) is 18.1 Å². The zero-order valence-electron chi connectivity index (χ0n) is 18.5. The third-order valence-electron chi connectivity index (χ3n) is 4.40. The summed E-state index contributed by atoms with van der Waals surface area (Å²) in [4.78, 5) is 8.76. The molecule has 0 saturated heterocycles. The van der Waals surface area contributed by atoms with Crippen LogP contribution in [0.15, 0.2) is 48.8 Å². The molecule has 10 heteroatoms. The number of hydrogen-bond acceptors (Lipinski definition) is 4. The average molecular weight is 636 g/mol. The number of nitrogens with zero attached hydrogens (tertiary/aromatic N) is 6. The molecule has 0 unspecified atom stereocenters. The van der Waals surface area contributed by atoms with E-state index in [9.17, 15) is 13.2 Å². The van der Waals surface area contributed by atoms with E-state index in [-0.39, 0.29) is 26.8 Å². The molecule has 0 aliphatic rings. The first kappa shape index (κ1) is 26.5. The monoisotopic (exact) mass is 635 g/mol. The van der Waals surface area contributed by atoms with E-state index in [4.69, 9.17) is 0 Å². The maximum Gasteiger partial charge on any atom is 2.00 e. The number of rotatable bonds is 4. The van der Waals surface area contributed by atoms with Crippen LogP contribution in [0.4, 0.5) is 13.2 Å². The second-order valence-electron chi connectivity index (χ2n) is 7.85. The molecule has 6 nitrogen and oxygen atoms in total. The van der Waals surface area contributed by atoms with E-state index in [0.717, 1.165) is 23.9 Å². The van der Waals surface area contributed by atoms with E-state index in [1.807, 2.05) is 18.5 Å². The van der Waals surface area contributed by atoms with Gasteiger partial charge in [0.15, 0.2) is 0 Å². The maximum atomic E-state index is 12.2. The fraction of sp³-hybridized carbons (Fsp3) is 0.304. The quantitative estimate of drug-likeness (QED) is 0.313. The molecule has 0 bridgehead atoms. The smallest absolute Gasteiger partial charge is 0.576 e. The number of halogens is 3. The Morgan fingerprint density at radius 1 is 0.848 bits per heavy atom. The summed E-state index contributed by atoms with van der Waals surface area (Å²) < 4.78 is 36.6. The first-order chi connectivity index (χ1) is 15.1. The van der Waals surface area contributed by atoms with Gasteiger partial charge >= 0.3 is 27.2 Å². The molecule has 0 aliphatic carbocycles. The van der Waals surface area contributed by atoms with E-state index < -0.39 is 11.9 Å². The van der Waals surface area contributed by atoms with Crippen molar-refractivity contribution >= 4 is 0 Å². The van der Waals surface area contributed by atoms with Crippen molar-refractivity contribution in [2.24, 2.45) is 5.92 Å². The molecule has 0 radical (unpaired) electrons. The van der Waals surface area contributed by atoms with Crippen LogP contribution in [0.5, 0.6) is 0 Å². The molecule has 176 valence electrons. The van der Waals surface area contributed by atoms with Crippen molar-refractivity contribution in [3.8, 4) is 22.8 Å². The topological polar surface area (TPSA) is 79.8 Å². The third-order valence-corrected chi connectivity index (χ3v) is 4.40. The van der Waals surface area contributed by atoms with Gasteiger partial charge in [-0.3, -0.25) is 9.97 Å². The van der Waals surface area contributed by atoms with Crippen molar-refractivity contribution < 1.29 is 34.2 Å². The van der Waals surface area contributed by atoms with Crippen molar-refractivity contribution in [2.45, 2.75) is 40.3 Å². The van der Waals surface area contributed by atoms with Crippen molar-refractivity contribution in [1.82, 2.24) is 30.4 Å². The Hall–Kier alpha value is -2.80. The van der Waals surface area contributed by atoms with Gasteiger partial charge in [-0.25, -0.2) is 0 Å². The van der Waals surface area contributed by atoms with E-state index in [2.05, 4.69) is 69.3 Å². The van der Waals surface area contributed by atoms with E-state index in [1.165, 1.54) is 11.1 Å². The summed E-state index contributed by atoms with van der Waals surface area (Å²) in [6.07, 6.45) is 0.320. The second kappa shape index (κ2) is 11.4. The number of alkyl halides is 3. The van der Waals surface area contributed by atoms with Crippen LogP contribution in [0.3, 0.4) is 0 Å². The first-order valence-corrected chi connectivity index (χ1v) is 10.0. The summed E-state index contributed by atoms with van der Waals surface area (Å²) in [6, 6.07) is 10.7. The summed E-state index contributed by atoms with van der Waals surface area (Å²) in [5.74, 6) is 0.663. The van der Waals surface area contributed by atoms with Gasteiger partial charge in [-0.1, -0.05) is 19.9 Å². The van der Waals surface area contributed by atoms with Crippen LogP contribution in [0.2, 0.25) is 0 Å². The van der Waals surface area contributed by atoms with Gasteiger partial charge in [-0.05, 0) is 67.6 Å². The largest absolute Gasteiger partial charge is 2.00 e. The molecule has 0 spiro atoms.